The first-order chi connectivity index (χ1) is 15.0. The van der Waals surface area contributed by atoms with Gasteiger partial charge in [-0.15, -0.1) is 0 Å². The normalized spacial score (nSPS) is 15.8. The lowest BCUT2D eigenvalue weighted by Crippen LogP contribution is -2.50. The average molecular weight is 487 g/mol. The zero-order chi connectivity index (χ0) is 23.5. The van der Waals surface area contributed by atoms with E-state index in [4.69, 9.17) is 16.9 Å². The van der Waals surface area contributed by atoms with Crippen LogP contribution < -0.4 is 5.32 Å². The molecule has 2 aromatic carbocycles. The molecule has 1 aliphatic heterocycles. The number of hydrogen-bond donors (Lipinski definition) is 1. The van der Waals surface area contributed by atoms with Gasteiger partial charge in [0, 0.05) is 31.9 Å². The Balaban J connectivity index is 1.61. The van der Waals surface area contributed by atoms with Gasteiger partial charge in [0.2, 0.25) is 15.9 Å². The number of halogens is 4. The number of rotatable bonds is 5. The maximum atomic E-state index is 13.2. The molecule has 0 atom stereocenters. The number of alkyl halides is 3. The van der Waals surface area contributed by atoms with Gasteiger partial charge in [0.25, 0.3) is 0 Å². The molecule has 1 heterocycles. The van der Waals surface area contributed by atoms with Gasteiger partial charge < -0.3 is 5.32 Å². The van der Waals surface area contributed by atoms with Crippen molar-refractivity contribution >= 4 is 33.2 Å². The molecule has 0 bridgehead atoms. The van der Waals surface area contributed by atoms with Gasteiger partial charge in [-0.3, -0.25) is 9.69 Å². The minimum absolute atomic E-state index is 0.0371. The molecular weight excluding hydrogens is 469 g/mol. The molecule has 0 saturated carbocycles. The van der Waals surface area contributed by atoms with E-state index in [1.807, 2.05) is 6.07 Å². The molecule has 1 aliphatic rings. The molecule has 0 aromatic heterocycles. The molecule has 12 heteroatoms. The Morgan fingerprint density at radius 1 is 1.12 bits per heavy atom. The Labute approximate surface area is 188 Å². The summed E-state index contributed by atoms with van der Waals surface area (Å²) < 4.78 is 66.3. The monoisotopic (exact) mass is 486 g/mol. The van der Waals surface area contributed by atoms with Crippen LogP contribution in [-0.4, -0.2) is 56.3 Å². The van der Waals surface area contributed by atoms with Crippen LogP contribution in [-0.2, 0) is 21.0 Å². The maximum absolute atomic E-state index is 13.2. The predicted molar refractivity (Wildman–Crippen MR) is 111 cm³/mol. The van der Waals surface area contributed by atoms with E-state index in [1.54, 1.807) is 4.90 Å². The van der Waals surface area contributed by atoms with Crippen molar-refractivity contribution in [2.24, 2.45) is 0 Å². The number of nitrogens with zero attached hydrogens (tertiary/aromatic N) is 3. The highest BCUT2D eigenvalue weighted by atomic mass is 35.5. The molecule has 1 fully saturated rings. The molecule has 1 saturated heterocycles. The van der Waals surface area contributed by atoms with Gasteiger partial charge in [0.05, 0.1) is 27.6 Å². The number of carbonyl (C=O) groups excluding carboxylic acids is 1. The van der Waals surface area contributed by atoms with Crippen molar-refractivity contribution in [2.45, 2.75) is 11.1 Å². The first kappa shape index (κ1) is 24.0. The zero-order valence-corrected chi connectivity index (χ0v) is 18.1. The molecular formula is C20H18ClF3N4O3S. The summed E-state index contributed by atoms with van der Waals surface area (Å²) in [4.78, 5) is 13.2. The average Bonchev–Trinajstić information content (AvgIpc) is 2.73. The molecule has 3 rings (SSSR count). The van der Waals surface area contributed by atoms with Crippen molar-refractivity contribution in [3.63, 3.8) is 0 Å². The summed E-state index contributed by atoms with van der Waals surface area (Å²) in [7, 11) is -4.34. The lowest BCUT2D eigenvalue weighted by molar-refractivity contribution is -0.140. The van der Waals surface area contributed by atoms with E-state index in [1.165, 1.54) is 24.3 Å². The van der Waals surface area contributed by atoms with Gasteiger partial charge in [-0.25, -0.2) is 8.42 Å². The standard InChI is InChI=1S/C20H18ClF3N4O3S/c21-17-11-15(6-5-14(17)12-25)26-19(29)13-27-7-9-28(10-8-27)32(30,31)18-4-2-1-3-16(18)20(22,23)24/h1-6,11H,7-10,13H2,(H,26,29). The molecule has 0 unspecified atom stereocenters. The van der Waals surface area contributed by atoms with E-state index >= 15 is 0 Å². The van der Waals surface area contributed by atoms with E-state index < -0.39 is 26.7 Å². The second kappa shape index (κ2) is 9.46. The number of hydrogen-bond acceptors (Lipinski definition) is 5. The summed E-state index contributed by atoms with van der Waals surface area (Å²) in [5, 5.41) is 11.7. The summed E-state index contributed by atoms with van der Waals surface area (Å²) in [6, 6.07) is 10.4. The summed E-state index contributed by atoms with van der Waals surface area (Å²) >= 11 is 5.94. The number of nitrogens with one attached hydrogen (secondary N) is 1. The highest BCUT2D eigenvalue weighted by Gasteiger charge is 2.39. The zero-order valence-electron chi connectivity index (χ0n) is 16.6. The molecule has 7 nitrogen and oxygen atoms in total. The Bertz CT molecular complexity index is 1160. The predicted octanol–water partition coefficient (Wildman–Crippen LogP) is 3.18. The largest absolute Gasteiger partial charge is 0.417 e. The summed E-state index contributed by atoms with van der Waals surface area (Å²) in [5.74, 6) is -0.371. The van der Waals surface area contributed by atoms with Crippen LogP contribution in [0.2, 0.25) is 5.02 Å². The SMILES string of the molecule is N#Cc1ccc(NC(=O)CN2CCN(S(=O)(=O)c3ccccc3C(F)(F)F)CC2)cc1Cl. The molecule has 1 N–H and O–H groups in total. The highest BCUT2D eigenvalue weighted by molar-refractivity contribution is 7.89. The molecule has 1 amide bonds. The van der Waals surface area contributed by atoms with Gasteiger partial charge in [0.1, 0.15) is 6.07 Å². The first-order valence-corrected chi connectivity index (χ1v) is 11.2. The Morgan fingerprint density at radius 3 is 2.38 bits per heavy atom. The van der Waals surface area contributed by atoms with Gasteiger partial charge in [-0.05, 0) is 30.3 Å². The third-order valence-electron chi connectivity index (χ3n) is 4.88. The Kier molecular flexibility index (Phi) is 7.09. The minimum atomic E-state index is -4.79. The minimum Gasteiger partial charge on any atom is -0.325 e. The van der Waals surface area contributed by atoms with Crippen LogP contribution in [0.5, 0.6) is 0 Å². The van der Waals surface area contributed by atoms with Gasteiger partial charge in [-0.2, -0.15) is 22.7 Å². The second-order valence-corrected chi connectivity index (χ2v) is 9.34. The number of piperazine rings is 1. The van der Waals surface area contributed by atoms with Crippen LogP contribution in [0.3, 0.4) is 0 Å². The van der Waals surface area contributed by atoms with Crippen LogP contribution in [0.25, 0.3) is 0 Å². The fourth-order valence-corrected chi connectivity index (χ4v) is 5.14. The number of nitriles is 1. The maximum Gasteiger partial charge on any atom is 0.417 e. The van der Waals surface area contributed by atoms with Crippen molar-refractivity contribution < 1.29 is 26.4 Å². The van der Waals surface area contributed by atoms with Crippen LogP contribution in [0.1, 0.15) is 11.1 Å². The quantitative estimate of drug-likeness (QED) is 0.700. The number of anilines is 1. The van der Waals surface area contributed by atoms with Crippen molar-refractivity contribution in [3.8, 4) is 6.07 Å². The lowest BCUT2D eigenvalue weighted by atomic mass is 10.2. The Hall–Kier alpha value is -2.65. The van der Waals surface area contributed by atoms with Crippen molar-refractivity contribution in [1.82, 2.24) is 9.21 Å². The van der Waals surface area contributed by atoms with Crippen molar-refractivity contribution in [1.29, 1.82) is 5.26 Å². The van der Waals surface area contributed by atoms with Crippen LogP contribution in [0.4, 0.5) is 18.9 Å². The molecule has 170 valence electrons. The fourth-order valence-electron chi connectivity index (χ4n) is 3.28. The summed E-state index contributed by atoms with van der Waals surface area (Å²) in [6.45, 7) is 0.212. The number of sulfonamides is 1. The third-order valence-corrected chi connectivity index (χ3v) is 7.15. The second-order valence-electron chi connectivity index (χ2n) is 7.03. The molecule has 0 aliphatic carbocycles. The van der Waals surface area contributed by atoms with Crippen molar-refractivity contribution in [2.75, 3.05) is 38.0 Å². The highest BCUT2D eigenvalue weighted by Crippen LogP contribution is 2.35. The van der Waals surface area contributed by atoms with E-state index in [9.17, 15) is 26.4 Å². The number of benzene rings is 2. The van der Waals surface area contributed by atoms with Gasteiger partial charge >= 0.3 is 6.18 Å². The van der Waals surface area contributed by atoms with E-state index in [0.29, 0.717) is 5.69 Å². The number of amides is 1. The molecule has 0 spiro atoms. The molecule has 32 heavy (non-hydrogen) atoms. The topological polar surface area (TPSA) is 93.5 Å². The molecule has 0 radical (unpaired) electrons. The van der Waals surface area contributed by atoms with E-state index in [2.05, 4.69) is 5.32 Å². The van der Waals surface area contributed by atoms with Gasteiger partial charge in [-0.1, -0.05) is 23.7 Å². The Morgan fingerprint density at radius 2 is 1.78 bits per heavy atom. The smallest absolute Gasteiger partial charge is 0.325 e. The van der Waals surface area contributed by atoms with E-state index in [0.717, 1.165) is 22.5 Å². The third kappa shape index (κ3) is 5.39. The van der Waals surface area contributed by atoms with E-state index in [-0.39, 0.29) is 49.2 Å². The number of carbonyl (C=O) groups is 1. The van der Waals surface area contributed by atoms with Crippen LogP contribution in [0.15, 0.2) is 47.4 Å². The van der Waals surface area contributed by atoms with Crippen LogP contribution >= 0.6 is 11.6 Å². The molecule has 2 aromatic rings. The van der Waals surface area contributed by atoms with Gasteiger partial charge in [0.15, 0.2) is 0 Å². The van der Waals surface area contributed by atoms with Crippen LogP contribution in [0, 0.1) is 11.3 Å². The van der Waals surface area contributed by atoms with Crippen molar-refractivity contribution in [3.05, 3.63) is 58.6 Å². The summed E-state index contributed by atoms with van der Waals surface area (Å²) in [5.41, 5.74) is -0.527. The lowest BCUT2D eigenvalue weighted by Gasteiger charge is -2.34. The summed E-state index contributed by atoms with van der Waals surface area (Å²) in [6.07, 6.45) is -4.79. The first-order valence-electron chi connectivity index (χ1n) is 9.40. The fraction of sp³-hybridized carbons (Fsp3) is 0.300.